The topological polar surface area (TPSA) is 48.8 Å². The summed E-state index contributed by atoms with van der Waals surface area (Å²) in [7, 11) is 0. The van der Waals surface area contributed by atoms with E-state index in [2.05, 4.69) is 179 Å². The Bertz CT molecular complexity index is 3770. The minimum atomic E-state index is 0.639. The zero-order valence-corrected chi connectivity index (χ0v) is 30.6. The van der Waals surface area contributed by atoms with Gasteiger partial charge >= 0.3 is 0 Å². The Labute approximate surface area is 322 Å². The fraction of sp³-hybridized carbons (Fsp3) is 0. The summed E-state index contributed by atoms with van der Waals surface area (Å²) in [4.78, 5) is 11.0. The third-order valence-electron chi connectivity index (χ3n) is 11.5. The smallest absolute Gasteiger partial charge is 0.235 e. The predicted molar refractivity (Wildman–Crippen MR) is 234 cm³/mol. The van der Waals surface area contributed by atoms with Gasteiger partial charge in [-0.3, -0.25) is 4.57 Å². The maximum atomic E-state index is 6.58. The summed E-state index contributed by atoms with van der Waals surface area (Å²) in [6, 6.07) is 60.5. The molecular weight excluding hydrogens is 705 g/mol. The first-order chi connectivity index (χ1) is 27.8. The van der Waals surface area contributed by atoms with E-state index < -0.39 is 0 Å². The van der Waals surface area contributed by atoms with E-state index in [1.807, 2.05) is 0 Å². The summed E-state index contributed by atoms with van der Waals surface area (Å²) >= 11 is 1.74. The molecule has 5 heterocycles. The second kappa shape index (κ2) is 11.1. The summed E-state index contributed by atoms with van der Waals surface area (Å²) in [6.07, 6.45) is 0. The molecule has 0 aliphatic rings. The monoisotopic (exact) mass is 732 g/mol. The standard InChI is InChI=1S/C50H28N4OS/c1-2-13-31(14-3-1)53-39-19-9-6-16-33(39)37-27-38-34-17-7-10-20-40(34)54(42(38)28-41(37)53)50-51-47(49-48(52-50)36-18-8-11-21-45(36)56-49)30-22-24-35-44(26-30)55-43-25-23-29-12-4-5-15-32(29)46(35)43/h1-28H. The molecule has 0 saturated carbocycles. The SMILES string of the molecule is c1ccc(-n2c3ccccc3c3cc4c5ccccc5n(-c5nc(-c6ccc7c(c6)oc6ccc8ccccc8c67)c6sc7ccccc7c6n5)c4cc32)cc1. The first-order valence-electron chi connectivity index (χ1n) is 18.8. The normalized spacial score (nSPS) is 12.3. The van der Waals surface area contributed by atoms with E-state index in [4.69, 9.17) is 14.4 Å². The maximum Gasteiger partial charge on any atom is 0.235 e. The van der Waals surface area contributed by atoms with Crippen LogP contribution in [-0.2, 0) is 0 Å². The van der Waals surface area contributed by atoms with Gasteiger partial charge in [0.25, 0.3) is 0 Å². The average molecular weight is 733 g/mol. The van der Waals surface area contributed by atoms with Crippen LogP contribution in [0.25, 0.3) is 120 Å². The van der Waals surface area contributed by atoms with Crippen molar-refractivity contribution < 1.29 is 4.42 Å². The minimum absolute atomic E-state index is 0.639. The van der Waals surface area contributed by atoms with E-state index in [1.54, 1.807) is 11.3 Å². The number of para-hydroxylation sites is 3. The van der Waals surface area contributed by atoms with E-state index in [0.717, 1.165) is 76.4 Å². The number of hydrogen-bond donors (Lipinski definition) is 0. The highest BCUT2D eigenvalue weighted by molar-refractivity contribution is 7.26. The number of benzene rings is 8. The first kappa shape index (κ1) is 30.1. The third kappa shape index (κ3) is 4.08. The molecule has 5 nitrogen and oxygen atoms in total. The highest BCUT2D eigenvalue weighted by Gasteiger charge is 2.23. The van der Waals surface area contributed by atoms with Crippen LogP contribution in [0, 0.1) is 0 Å². The van der Waals surface area contributed by atoms with Crippen LogP contribution < -0.4 is 0 Å². The number of fused-ring (bicyclic) bond motifs is 14. The fourth-order valence-electron chi connectivity index (χ4n) is 9.07. The van der Waals surface area contributed by atoms with Crippen molar-refractivity contribution in [2.75, 3.05) is 0 Å². The van der Waals surface area contributed by atoms with Gasteiger partial charge < -0.3 is 8.98 Å². The molecule has 0 amide bonds. The van der Waals surface area contributed by atoms with Gasteiger partial charge in [0.1, 0.15) is 11.2 Å². The van der Waals surface area contributed by atoms with Gasteiger partial charge in [-0.05, 0) is 71.4 Å². The number of rotatable bonds is 3. The van der Waals surface area contributed by atoms with Crippen LogP contribution in [-0.4, -0.2) is 19.1 Å². The summed E-state index contributed by atoms with van der Waals surface area (Å²) in [5.74, 6) is 0.639. The third-order valence-corrected chi connectivity index (χ3v) is 12.7. The summed E-state index contributed by atoms with van der Waals surface area (Å²) in [5.41, 5.74) is 10.1. The molecule has 0 aliphatic carbocycles. The molecule has 0 N–H and O–H groups in total. The number of thiophene rings is 1. The predicted octanol–water partition coefficient (Wildman–Crippen LogP) is 13.8. The van der Waals surface area contributed by atoms with Crippen molar-refractivity contribution in [3.8, 4) is 22.9 Å². The van der Waals surface area contributed by atoms with Crippen LogP contribution in [0.5, 0.6) is 0 Å². The molecule has 0 bridgehead atoms. The zero-order valence-electron chi connectivity index (χ0n) is 29.8. The zero-order chi connectivity index (χ0) is 36.5. The molecule has 0 atom stereocenters. The lowest BCUT2D eigenvalue weighted by Gasteiger charge is -2.11. The summed E-state index contributed by atoms with van der Waals surface area (Å²) in [5, 5.41) is 10.5. The van der Waals surface area contributed by atoms with Gasteiger partial charge in [-0.2, -0.15) is 0 Å². The van der Waals surface area contributed by atoms with Crippen LogP contribution in [0.2, 0.25) is 0 Å². The summed E-state index contributed by atoms with van der Waals surface area (Å²) < 4.78 is 13.5. The van der Waals surface area contributed by atoms with Gasteiger partial charge in [0.15, 0.2) is 0 Å². The highest BCUT2D eigenvalue weighted by atomic mass is 32.1. The molecule has 5 aromatic heterocycles. The first-order valence-corrected chi connectivity index (χ1v) is 19.6. The van der Waals surface area contributed by atoms with Crippen molar-refractivity contribution in [2.24, 2.45) is 0 Å². The van der Waals surface area contributed by atoms with Gasteiger partial charge in [-0.1, -0.05) is 109 Å². The van der Waals surface area contributed by atoms with Crippen LogP contribution in [0.3, 0.4) is 0 Å². The Morgan fingerprint density at radius 3 is 1.95 bits per heavy atom. The number of hydrogen-bond acceptors (Lipinski definition) is 4. The second-order valence-corrected chi connectivity index (χ2v) is 15.6. The molecule has 56 heavy (non-hydrogen) atoms. The molecule has 0 aliphatic heterocycles. The van der Waals surface area contributed by atoms with Crippen molar-refractivity contribution in [1.82, 2.24) is 19.1 Å². The highest BCUT2D eigenvalue weighted by Crippen LogP contribution is 2.43. The second-order valence-electron chi connectivity index (χ2n) is 14.5. The molecule has 13 aromatic rings. The van der Waals surface area contributed by atoms with Crippen LogP contribution in [0.1, 0.15) is 0 Å². The van der Waals surface area contributed by atoms with Crippen molar-refractivity contribution in [3.63, 3.8) is 0 Å². The Kier molecular flexibility index (Phi) is 5.98. The summed E-state index contributed by atoms with van der Waals surface area (Å²) in [6.45, 7) is 0. The van der Waals surface area contributed by atoms with E-state index in [0.29, 0.717) is 5.95 Å². The van der Waals surface area contributed by atoms with Gasteiger partial charge in [-0.25, -0.2) is 9.97 Å². The quantitative estimate of drug-likeness (QED) is 0.182. The van der Waals surface area contributed by atoms with E-state index in [-0.39, 0.29) is 0 Å². The lowest BCUT2D eigenvalue weighted by molar-refractivity contribution is 0.669. The average Bonchev–Trinajstić information content (AvgIpc) is 4.00. The van der Waals surface area contributed by atoms with Crippen LogP contribution in [0.15, 0.2) is 174 Å². The molecule has 0 fully saturated rings. The number of furan rings is 1. The molecule has 260 valence electrons. The van der Waals surface area contributed by atoms with Crippen molar-refractivity contribution in [1.29, 1.82) is 0 Å². The van der Waals surface area contributed by atoms with Gasteiger partial charge in [0.05, 0.1) is 38.0 Å². The van der Waals surface area contributed by atoms with E-state index in [9.17, 15) is 0 Å². The molecule has 8 aromatic carbocycles. The Hall–Kier alpha value is -7.28. The van der Waals surface area contributed by atoms with Gasteiger partial charge in [0, 0.05) is 53.7 Å². The maximum absolute atomic E-state index is 6.58. The van der Waals surface area contributed by atoms with Crippen molar-refractivity contribution >= 4 is 108 Å². The van der Waals surface area contributed by atoms with Crippen LogP contribution >= 0.6 is 11.3 Å². The molecule has 0 radical (unpaired) electrons. The van der Waals surface area contributed by atoms with E-state index in [1.165, 1.54) is 37.1 Å². The Morgan fingerprint density at radius 2 is 1.12 bits per heavy atom. The van der Waals surface area contributed by atoms with Crippen molar-refractivity contribution in [3.05, 3.63) is 170 Å². The Morgan fingerprint density at radius 1 is 0.446 bits per heavy atom. The van der Waals surface area contributed by atoms with Gasteiger partial charge in [-0.15, -0.1) is 11.3 Å². The molecule has 0 saturated heterocycles. The molecule has 6 heteroatoms. The molecule has 0 unspecified atom stereocenters. The molecule has 0 spiro atoms. The lowest BCUT2D eigenvalue weighted by Crippen LogP contribution is -2.03. The van der Waals surface area contributed by atoms with E-state index >= 15 is 0 Å². The lowest BCUT2D eigenvalue weighted by atomic mass is 10.0. The van der Waals surface area contributed by atoms with Crippen molar-refractivity contribution in [2.45, 2.75) is 0 Å². The van der Waals surface area contributed by atoms with Crippen LogP contribution in [0.4, 0.5) is 0 Å². The van der Waals surface area contributed by atoms with Gasteiger partial charge in [0.2, 0.25) is 5.95 Å². The number of aromatic nitrogens is 4. The largest absolute Gasteiger partial charge is 0.456 e. The Balaban J connectivity index is 1.13. The molecule has 13 rings (SSSR count). The molecular formula is C50H28N4OS. The minimum Gasteiger partial charge on any atom is -0.456 e. The number of nitrogens with zero attached hydrogens (tertiary/aromatic N) is 4. The fourth-order valence-corrected chi connectivity index (χ4v) is 10.2.